The van der Waals surface area contributed by atoms with Gasteiger partial charge in [0.2, 0.25) is 0 Å². The average Bonchev–Trinajstić information content (AvgIpc) is 3.77. The number of urea groups is 1. The fraction of sp³-hybridized carbons (Fsp3) is 0.414. The number of rotatable bonds is 8. The van der Waals surface area contributed by atoms with E-state index in [4.69, 9.17) is 14.7 Å². The van der Waals surface area contributed by atoms with Crippen molar-refractivity contribution in [3.8, 4) is 11.4 Å². The molecular formula is C29H35N5O5S. The molecule has 3 N–H and O–H groups in total. The molecule has 10 nitrogen and oxygen atoms in total. The van der Waals surface area contributed by atoms with E-state index in [2.05, 4.69) is 22.5 Å². The molecule has 0 bridgehead atoms. The maximum Gasteiger partial charge on any atom is 0.319 e. The summed E-state index contributed by atoms with van der Waals surface area (Å²) in [7, 11) is -3.68. The Kier molecular flexibility index (Phi) is 7.56. The Morgan fingerprint density at radius 3 is 2.45 bits per heavy atom. The van der Waals surface area contributed by atoms with E-state index in [1.165, 1.54) is 0 Å². The van der Waals surface area contributed by atoms with Crippen LogP contribution in [0, 0.1) is 0 Å². The van der Waals surface area contributed by atoms with Gasteiger partial charge in [-0.2, -0.15) is 0 Å². The molecule has 212 valence electrons. The number of amides is 2. The van der Waals surface area contributed by atoms with Gasteiger partial charge in [0.1, 0.15) is 10.6 Å². The summed E-state index contributed by atoms with van der Waals surface area (Å²) >= 11 is 0. The van der Waals surface area contributed by atoms with Gasteiger partial charge >= 0.3 is 6.03 Å². The molecule has 2 fully saturated rings. The van der Waals surface area contributed by atoms with Crippen LogP contribution in [0.5, 0.6) is 0 Å². The van der Waals surface area contributed by atoms with Crippen LogP contribution in [-0.4, -0.2) is 67.5 Å². The molecule has 2 amide bonds. The van der Waals surface area contributed by atoms with Crippen LogP contribution >= 0.6 is 0 Å². The Labute approximate surface area is 234 Å². The van der Waals surface area contributed by atoms with Gasteiger partial charge in [-0.3, -0.25) is 0 Å². The quantitative estimate of drug-likeness (QED) is 0.376. The molecule has 40 heavy (non-hydrogen) atoms. The van der Waals surface area contributed by atoms with Gasteiger partial charge in [-0.25, -0.2) is 23.2 Å². The zero-order valence-corrected chi connectivity index (χ0v) is 23.7. The molecule has 1 atom stereocenters. The van der Waals surface area contributed by atoms with Crippen LogP contribution in [0.2, 0.25) is 0 Å². The molecule has 1 aliphatic heterocycles. The molecule has 1 saturated carbocycles. The highest BCUT2D eigenvalue weighted by atomic mass is 32.2. The summed E-state index contributed by atoms with van der Waals surface area (Å²) in [5.74, 6) is 1.08. The molecular weight excluding hydrogens is 530 g/mol. The highest BCUT2D eigenvalue weighted by Crippen LogP contribution is 2.55. The summed E-state index contributed by atoms with van der Waals surface area (Å²) in [6, 6.07) is 17.0. The van der Waals surface area contributed by atoms with Crippen LogP contribution in [0.3, 0.4) is 0 Å². The van der Waals surface area contributed by atoms with Crippen LogP contribution in [0.15, 0.2) is 65.6 Å². The Hall–Kier alpha value is -3.54. The second kappa shape index (κ2) is 10.8. The van der Waals surface area contributed by atoms with E-state index in [-0.39, 0.29) is 17.5 Å². The van der Waals surface area contributed by atoms with Crippen molar-refractivity contribution in [3.63, 3.8) is 0 Å². The van der Waals surface area contributed by atoms with Gasteiger partial charge in [-0.15, -0.1) is 0 Å². The Balaban J connectivity index is 1.51. The van der Waals surface area contributed by atoms with E-state index in [1.54, 1.807) is 68.4 Å². The normalized spacial score (nSPS) is 18.7. The molecule has 2 aliphatic rings. The molecule has 2 aromatic carbocycles. The van der Waals surface area contributed by atoms with Gasteiger partial charge < -0.3 is 25.4 Å². The topological polar surface area (TPSA) is 134 Å². The van der Waals surface area contributed by atoms with Crippen LogP contribution in [0.25, 0.3) is 11.4 Å². The molecule has 0 unspecified atom stereocenters. The predicted molar refractivity (Wildman–Crippen MR) is 153 cm³/mol. The van der Waals surface area contributed by atoms with E-state index in [1.807, 2.05) is 6.07 Å². The van der Waals surface area contributed by atoms with Crippen LogP contribution in [0.1, 0.15) is 39.3 Å². The minimum Gasteiger partial charge on any atom is -0.394 e. The molecule has 1 aromatic heterocycles. The number of anilines is 2. The van der Waals surface area contributed by atoms with E-state index in [9.17, 15) is 18.3 Å². The lowest BCUT2D eigenvalue weighted by Gasteiger charge is -2.34. The maximum atomic E-state index is 13.8. The molecule has 1 saturated heterocycles. The number of aliphatic hydroxyl groups is 1. The van der Waals surface area contributed by atoms with Crippen LogP contribution in [-0.2, 0) is 19.3 Å². The molecule has 0 spiro atoms. The fourth-order valence-electron chi connectivity index (χ4n) is 4.82. The lowest BCUT2D eigenvalue weighted by Crippen LogP contribution is -2.48. The van der Waals surface area contributed by atoms with Crippen molar-refractivity contribution in [2.75, 3.05) is 36.6 Å². The van der Waals surface area contributed by atoms with Gasteiger partial charge in [-0.1, -0.05) is 18.2 Å². The number of ether oxygens (including phenoxy) is 1. The van der Waals surface area contributed by atoms with Gasteiger partial charge in [-0.05, 0) is 70.0 Å². The van der Waals surface area contributed by atoms with Gasteiger partial charge in [0.05, 0.1) is 42.0 Å². The first-order valence-electron chi connectivity index (χ1n) is 13.4. The molecule has 5 rings (SSSR count). The minimum absolute atomic E-state index is 0.0680. The van der Waals surface area contributed by atoms with Crippen LogP contribution in [0.4, 0.5) is 16.3 Å². The Morgan fingerprint density at radius 2 is 1.82 bits per heavy atom. The van der Waals surface area contributed by atoms with E-state index in [0.717, 1.165) is 0 Å². The number of sulfone groups is 1. The number of aliphatic hydroxyl groups excluding tert-OH is 1. The van der Waals surface area contributed by atoms with Gasteiger partial charge in [0.25, 0.3) is 0 Å². The van der Waals surface area contributed by atoms with Crippen LogP contribution < -0.4 is 15.5 Å². The summed E-state index contributed by atoms with van der Waals surface area (Å²) in [6.45, 7) is 7.04. The van der Waals surface area contributed by atoms with E-state index < -0.39 is 26.2 Å². The summed E-state index contributed by atoms with van der Waals surface area (Å²) in [6.07, 6.45) is 0.974. The van der Waals surface area contributed by atoms with Crippen molar-refractivity contribution in [3.05, 3.63) is 66.4 Å². The Morgan fingerprint density at radius 1 is 1.12 bits per heavy atom. The third kappa shape index (κ3) is 5.54. The zero-order valence-electron chi connectivity index (χ0n) is 22.9. The number of benzene rings is 2. The largest absolute Gasteiger partial charge is 0.394 e. The number of nitrogens with zero attached hydrogens (tertiary/aromatic N) is 3. The number of hydrogen-bond acceptors (Lipinski definition) is 8. The predicted octanol–water partition coefficient (Wildman–Crippen LogP) is 3.72. The lowest BCUT2D eigenvalue weighted by atomic mass is 10.1. The molecule has 3 aromatic rings. The SMILES string of the molecule is C[C@H]1COCCN1c1cc(C2(S(=O)(=O)c3ccccc3)CC2)nc(-c2ccc(NC(=O)NC(C)(C)CO)cc2)n1. The number of carbonyl (C=O) groups is 1. The van der Waals surface area contributed by atoms with Crippen molar-refractivity contribution < 1.29 is 23.1 Å². The number of morpholine rings is 1. The average molecular weight is 566 g/mol. The second-order valence-corrected chi connectivity index (χ2v) is 13.3. The third-order valence-electron chi connectivity index (χ3n) is 7.36. The molecule has 1 aliphatic carbocycles. The smallest absolute Gasteiger partial charge is 0.319 e. The van der Waals surface area contributed by atoms with Crippen molar-refractivity contribution in [1.29, 1.82) is 0 Å². The molecule has 11 heteroatoms. The number of aromatic nitrogens is 2. The van der Waals surface area contributed by atoms with Crippen molar-refractivity contribution >= 4 is 27.4 Å². The first kappa shape index (κ1) is 28.0. The first-order valence-corrected chi connectivity index (χ1v) is 14.9. The highest BCUT2D eigenvalue weighted by molar-refractivity contribution is 7.92. The summed E-state index contributed by atoms with van der Waals surface area (Å²) in [5.41, 5.74) is 0.976. The molecule has 0 radical (unpaired) electrons. The van der Waals surface area contributed by atoms with Gasteiger partial charge in [0, 0.05) is 23.9 Å². The van der Waals surface area contributed by atoms with E-state index >= 15 is 0 Å². The number of nitrogens with one attached hydrogen (secondary N) is 2. The van der Waals surface area contributed by atoms with E-state index in [0.29, 0.717) is 61.2 Å². The third-order valence-corrected chi connectivity index (χ3v) is 9.90. The van der Waals surface area contributed by atoms with Crippen molar-refractivity contribution in [2.24, 2.45) is 0 Å². The zero-order chi connectivity index (χ0) is 28.5. The van der Waals surface area contributed by atoms with Crippen molar-refractivity contribution in [1.82, 2.24) is 15.3 Å². The maximum absolute atomic E-state index is 13.8. The lowest BCUT2D eigenvalue weighted by molar-refractivity contribution is 0.0985. The van der Waals surface area contributed by atoms with Crippen molar-refractivity contribution in [2.45, 2.75) is 54.8 Å². The van der Waals surface area contributed by atoms with Gasteiger partial charge in [0.15, 0.2) is 15.7 Å². The number of hydrogen-bond donors (Lipinski definition) is 3. The summed E-state index contributed by atoms with van der Waals surface area (Å²) in [4.78, 5) is 24.4. The summed E-state index contributed by atoms with van der Waals surface area (Å²) < 4.78 is 32.2. The highest BCUT2D eigenvalue weighted by Gasteiger charge is 2.58. The Bertz CT molecular complexity index is 1470. The summed E-state index contributed by atoms with van der Waals surface area (Å²) in [5, 5.41) is 14.9. The number of carbonyl (C=O) groups excluding carboxylic acids is 1. The second-order valence-electron chi connectivity index (χ2n) is 11.1. The fourth-order valence-corrected chi connectivity index (χ4v) is 6.81. The minimum atomic E-state index is -3.68. The monoisotopic (exact) mass is 565 g/mol. The first-order chi connectivity index (χ1) is 19.0. The standard InChI is InChI=1S/C29H35N5O5S/c1-20-18-39-16-15-34(20)25-17-24(29(13-14-29)40(37,38)23-7-5-4-6-8-23)31-26(32-25)21-9-11-22(12-10-21)30-27(36)33-28(2,3)19-35/h4-12,17,20,35H,13-16,18-19H2,1-3H3,(H2,30,33,36)/t20-/m0/s1. The molecule has 2 heterocycles.